The van der Waals surface area contributed by atoms with Crippen LogP contribution in [0.25, 0.3) is 0 Å². The number of ketones is 1. The topological polar surface area (TPSA) is 140 Å². The van der Waals surface area contributed by atoms with Gasteiger partial charge < -0.3 is 43.8 Å². The van der Waals surface area contributed by atoms with Crippen LogP contribution in [0.4, 0.5) is 10.5 Å². The van der Waals surface area contributed by atoms with E-state index in [4.69, 9.17) is 33.2 Å². The molecule has 0 aromatic heterocycles. The van der Waals surface area contributed by atoms with Gasteiger partial charge in [-0.1, -0.05) is 37.3 Å². The maximum absolute atomic E-state index is 14.0. The second-order valence-corrected chi connectivity index (χ2v) is 13.1. The molecular weight excluding hydrogens is 620 g/mol. The lowest BCUT2D eigenvalue weighted by Crippen LogP contribution is -2.51. The fraction of sp³-hybridized carbons (Fsp3) is 0.583. The van der Waals surface area contributed by atoms with E-state index in [0.29, 0.717) is 70.0 Å². The smallest absolute Gasteiger partial charge is 0.408 e. The summed E-state index contributed by atoms with van der Waals surface area (Å²) in [6.07, 6.45) is -0.755. The first kappa shape index (κ1) is 38.6. The Kier molecular flexibility index (Phi) is 15.4. The number of anilines is 1. The van der Waals surface area contributed by atoms with Crippen LogP contribution in [0.2, 0.25) is 0 Å². The SMILES string of the molecule is CC(C(=O)[C@@H](CCC(=O)OCc1ccccc1)NC(=O)OC(C)(C)C)C(C)(C)Nc1ccc2c(c1)OCCOCCOCCOCCO2. The van der Waals surface area contributed by atoms with Gasteiger partial charge in [-0.25, -0.2) is 4.79 Å². The van der Waals surface area contributed by atoms with Crippen LogP contribution in [0.3, 0.4) is 0 Å². The summed E-state index contributed by atoms with van der Waals surface area (Å²) >= 11 is 0. The highest BCUT2D eigenvalue weighted by Gasteiger charge is 2.37. The number of fused-ring (bicyclic) bond motifs is 1. The average molecular weight is 673 g/mol. The lowest BCUT2D eigenvalue weighted by molar-refractivity contribution is -0.145. The monoisotopic (exact) mass is 672 g/mol. The van der Waals surface area contributed by atoms with Crippen molar-refractivity contribution in [3.8, 4) is 11.5 Å². The van der Waals surface area contributed by atoms with E-state index in [-0.39, 0.29) is 25.2 Å². The summed E-state index contributed by atoms with van der Waals surface area (Å²) in [5, 5.41) is 6.14. The number of amides is 1. The van der Waals surface area contributed by atoms with Crippen molar-refractivity contribution in [2.75, 3.05) is 58.2 Å². The number of rotatable bonds is 11. The van der Waals surface area contributed by atoms with E-state index in [9.17, 15) is 14.4 Å². The van der Waals surface area contributed by atoms with Gasteiger partial charge in [-0.05, 0) is 58.7 Å². The van der Waals surface area contributed by atoms with E-state index in [1.807, 2.05) is 56.3 Å². The molecule has 1 aliphatic heterocycles. The van der Waals surface area contributed by atoms with Crippen LogP contribution < -0.4 is 20.1 Å². The fourth-order valence-electron chi connectivity index (χ4n) is 4.73. The van der Waals surface area contributed by atoms with E-state index >= 15 is 0 Å². The summed E-state index contributed by atoms with van der Waals surface area (Å²) in [5.41, 5.74) is 0.000858. The molecule has 3 rings (SSSR count). The minimum absolute atomic E-state index is 0.0497. The van der Waals surface area contributed by atoms with Gasteiger partial charge in [0.15, 0.2) is 17.3 Å². The third-order valence-electron chi connectivity index (χ3n) is 7.55. The number of esters is 1. The van der Waals surface area contributed by atoms with Crippen molar-refractivity contribution in [1.29, 1.82) is 0 Å². The summed E-state index contributed by atoms with van der Waals surface area (Å²) in [6, 6.07) is 13.8. The Morgan fingerprint density at radius 1 is 0.792 bits per heavy atom. The van der Waals surface area contributed by atoms with E-state index < -0.39 is 35.2 Å². The molecule has 0 radical (unpaired) electrons. The molecule has 266 valence electrons. The van der Waals surface area contributed by atoms with Gasteiger partial charge in [0, 0.05) is 29.6 Å². The number of benzene rings is 2. The van der Waals surface area contributed by atoms with E-state index in [0.717, 1.165) is 5.56 Å². The molecule has 0 bridgehead atoms. The van der Waals surface area contributed by atoms with Gasteiger partial charge >= 0.3 is 12.1 Å². The number of ether oxygens (including phenoxy) is 7. The first-order valence-electron chi connectivity index (χ1n) is 16.5. The Bertz CT molecular complexity index is 1300. The molecule has 12 heteroatoms. The van der Waals surface area contributed by atoms with Crippen molar-refractivity contribution in [3.05, 3.63) is 54.1 Å². The molecule has 0 fully saturated rings. The Morgan fingerprint density at radius 3 is 1.98 bits per heavy atom. The molecule has 2 aromatic carbocycles. The van der Waals surface area contributed by atoms with Gasteiger partial charge in [-0.2, -0.15) is 0 Å². The molecule has 2 aromatic rings. The highest BCUT2D eigenvalue weighted by atomic mass is 16.6. The lowest BCUT2D eigenvalue weighted by Gasteiger charge is -2.35. The molecule has 2 N–H and O–H groups in total. The summed E-state index contributed by atoms with van der Waals surface area (Å²) in [5.74, 6) is -0.272. The molecule has 0 saturated carbocycles. The van der Waals surface area contributed by atoms with Crippen LogP contribution in [0.1, 0.15) is 59.9 Å². The molecule has 1 unspecified atom stereocenters. The molecule has 0 spiro atoms. The summed E-state index contributed by atoms with van der Waals surface area (Å²) in [6.45, 7) is 14.2. The number of alkyl carbamates (subject to hydrolysis) is 1. The highest BCUT2D eigenvalue weighted by molar-refractivity contribution is 5.90. The number of nitrogens with one attached hydrogen (secondary N) is 2. The predicted molar refractivity (Wildman–Crippen MR) is 180 cm³/mol. The van der Waals surface area contributed by atoms with E-state index in [1.165, 1.54) is 0 Å². The number of hydrogen-bond acceptors (Lipinski definition) is 11. The maximum atomic E-state index is 14.0. The van der Waals surface area contributed by atoms with E-state index in [2.05, 4.69) is 10.6 Å². The van der Waals surface area contributed by atoms with Crippen LogP contribution >= 0.6 is 0 Å². The largest absolute Gasteiger partial charge is 0.487 e. The molecule has 2 atom stereocenters. The van der Waals surface area contributed by atoms with Crippen LogP contribution in [0, 0.1) is 5.92 Å². The number of carbonyl (C=O) groups excluding carboxylic acids is 3. The summed E-state index contributed by atoms with van der Waals surface area (Å²) in [4.78, 5) is 39.3. The molecule has 0 aliphatic carbocycles. The second-order valence-electron chi connectivity index (χ2n) is 13.1. The van der Waals surface area contributed by atoms with Crippen molar-refractivity contribution in [2.45, 2.75) is 78.2 Å². The Morgan fingerprint density at radius 2 is 1.38 bits per heavy atom. The van der Waals surface area contributed by atoms with Crippen LogP contribution in [-0.2, 0) is 39.9 Å². The zero-order chi connectivity index (χ0) is 35.0. The fourth-order valence-corrected chi connectivity index (χ4v) is 4.73. The van der Waals surface area contributed by atoms with Gasteiger partial charge in [-0.3, -0.25) is 9.59 Å². The Balaban J connectivity index is 1.70. The summed E-state index contributed by atoms with van der Waals surface area (Å²) in [7, 11) is 0. The van der Waals surface area contributed by atoms with Gasteiger partial charge in [-0.15, -0.1) is 0 Å². The second kappa shape index (κ2) is 19.2. The molecule has 1 heterocycles. The predicted octanol–water partition coefficient (Wildman–Crippen LogP) is 5.32. The Labute approximate surface area is 284 Å². The van der Waals surface area contributed by atoms with Crippen molar-refractivity contribution in [3.63, 3.8) is 0 Å². The third-order valence-corrected chi connectivity index (χ3v) is 7.55. The first-order valence-corrected chi connectivity index (χ1v) is 16.5. The highest BCUT2D eigenvalue weighted by Crippen LogP contribution is 2.33. The molecular formula is C36H52N2O10. The number of hydrogen-bond donors (Lipinski definition) is 2. The van der Waals surface area contributed by atoms with Crippen molar-refractivity contribution < 1.29 is 47.5 Å². The normalized spacial score (nSPS) is 16.3. The summed E-state index contributed by atoms with van der Waals surface area (Å²) < 4.78 is 39.4. The van der Waals surface area contributed by atoms with Crippen molar-refractivity contribution in [2.24, 2.45) is 5.92 Å². The van der Waals surface area contributed by atoms with Gasteiger partial charge in [0.25, 0.3) is 0 Å². The zero-order valence-corrected chi connectivity index (χ0v) is 29.1. The number of Topliss-reactive ketones (excluding diaryl/α,β-unsaturated/α-hetero) is 1. The minimum Gasteiger partial charge on any atom is -0.487 e. The average Bonchev–Trinajstić information content (AvgIpc) is 3.04. The molecule has 12 nitrogen and oxygen atoms in total. The molecule has 48 heavy (non-hydrogen) atoms. The van der Waals surface area contributed by atoms with Gasteiger partial charge in [0.05, 0.1) is 45.7 Å². The van der Waals surface area contributed by atoms with E-state index in [1.54, 1.807) is 33.8 Å². The Hall–Kier alpha value is -3.87. The first-order chi connectivity index (χ1) is 22.8. The zero-order valence-electron chi connectivity index (χ0n) is 29.1. The van der Waals surface area contributed by atoms with Crippen LogP contribution in [0.15, 0.2) is 48.5 Å². The standard InChI is InChI=1S/C36H52N2O10/c1-26(33(40)29(37-34(41)48-35(2,3)4)13-15-32(39)47-25-27-10-8-7-9-11-27)36(5,6)38-28-12-14-30-31(24-28)46-23-21-44-19-17-42-16-18-43-20-22-45-30/h7-12,14,24,26,29,38H,13,15-23,25H2,1-6H3,(H,37,41)/t26?,29-/m1/s1. The number of carbonyl (C=O) groups is 3. The third kappa shape index (κ3) is 14.1. The maximum Gasteiger partial charge on any atom is 0.408 e. The van der Waals surface area contributed by atoms with Crippen molar-refractivity contribution in [1.82, 2.24) is 5.32 Å². The van der Waals surface area contributed by atoms with Crippen molar-refractivity contribution >= 4 is 23.5 Å². The minimum atomic E-state index is -0.987. The molecule has 1 aliphatic rings. The van der Waals surface area contributed by atoms with Crippen LogP contribution in [0.5, 0.6) is 11.5 Å². The molecule has 1 amide bonds. The molecule has 0 saturated heterocycles. The quantitative estimate of drug-likeness (QED) is 0.300. The van der Waals surface area contributed by atoms with Gasteiger partial charge in [0.2, 0.25) is 0 Å². The van der Waals surface area contributed by atoms with Gasteiger partial charge in [0.1, 0.15) is 25.4 Å². The van der Waals surface area contributed by atoms with Crippen LogP contribution in [-0.4, -0.2) is 87.9 Å². The lowest BCUT2D eigenvalue weighted by atomic mass is 9.82.